The van der Waals surface area contributed by atoms with Gasteiger partial charge < -0.3 is 5.73 Å². The highest BCUT2D eigenvalue weighted by Crippen LogP contribution is 2.38. The van der Waals surface area contributed by atoms with Gasteiger partial charge in [-0.05, 0) is 31.0 Å². The van der Waals surface area contributed by atoms with Gasteiger partial charge in [0.1, 0.15) is 0 Å². The predicted molar refractivity (Wildman–Crippen MR) is 93.5 cm³/mol. The van der Waals surface area contributed by atoms with Crippen LogP contribution in [0.5, 0.6) is 0 Å². The Morgan fingerprint density at radius 1 is 1.04 bits per heavy atom. The smallest absolute Gasteiger partial charge is 0.234 e. The highest BCUT2D eigenvalue weighted by Gasteiger charge is 2.33. The quantitative estimate of drug-likeness (QED) is 0.795. The second-order valence-electron chi connectivity index (χ2n) is 6.19. The van der Waals surface area contributed by atoms with Crippen molar-refractivity contribution in [2.24, 2.45) is 11.7 Å². The van der Waals surface area contributed by atoms with Crippen molar-refractivity contribution in [1.29, 1.82) is 0 Å². The molecule has 1 heterocycles. The molecule has 1 fully saturated rings. The number of carbonyl (C=O) groups is 1. The predicted octanol–water partition coefficient (Wildman–Crippen LogP) is 3.86. The molecular formula is C20H20N2O. The molecule has 2 aromatic carbocycles. The second-order valence-corrected chi connectivity index (χ2v) is 6.19. The Bertz CT molecular complexity index is 860. The molecule has 3 aromatic rings. The van der Waals surface area contributed by atoms with Gasteiger partial charge in [0.25, 0.3) is 0 Å². The van der Waals surface area contributed by atoms with E-state index in [2.05, 4.69) is 18.2 Å². The molecule has 2 N–H and O–H groups in total. The molecular weight excluding hydrogens is 284 g/mol. The van der Waals surface area contributed by atoms with E-state index in [-0.39, 0.29) is 11.8 Å². The van der Waals surface area contributed by atoms with Crippen molar-refractivity contribution in [1.82, 2.24) is 4.57 Å². The Morgan fingerprint density at radius 3 is 2.43 bits per heavy atom. The fourth-order valence-electron chi connectivity index (χ4n) is 3.36. The lowest BCUT2D eigenvalue weighted by molar-refractivity contribution is 0.0889. The SMILES string of the molecule is NCCc1c(-c2ccccc2)c2ccccc2n1C(=O)C1CC1. The van der Waals surface area contributed by atoms with Crippen molar-refractivity contribution in [2.45, 2.75) is 19.3 Å². The van der Waals surface area contributed by atoms with Crippen molar-refractivity contribution in [2.75, 3.05) is 6.54 Å². The van der Waals surface area contributed by atoms with Crippen molar-refractivity contribution >= 4 is 16.8 Å². The average Bonchev–Trinajstić information content (AvgIpc) is 3.38. The van der Waals surface area contributed by atoms with Crippen LogP contribution in [0, 0.1) is 5.92 Å². The van der Waals surface area contributed by atoms with Gasteiger partial charge in [-0.25, -0.2) is 0 Å². The van der Waals surface area contributed by atoms with Gasteiger partial charge >= 0.3 is 0 Å². The maximum Gasteiger partial charge on any atom is 0.234 e. The molecule has 0 atom stereocenters. The van der Waals surface area contributed by atoms with Crippen LogP contribution in [0.1, 0.15) is 23.3 Å². The van der Waals surface area contributed by atoms with Gasteiger partial charge in [0, 0.05) is 29.0 Å². The molecule has 0 unspecified atom stereocenters. The van der Waals surface area contributed by atoms with Gasteiger partial charge in [-0.1, -0.05) is 48.5 Å². The lowest BCUT2D eigenvalue weighted by Gasteiger charge is -2.10. The minimum absolute atomic E-state index is 0.186. The van der Waals surface area contributed by atoms with Gasteiger partial charge in [-0.3, -0.25) is 9.36 Å². The summed E-state index contributed by atoms with van der Waals surface area (Å²) in [5, 5.41) is 1.14. The highest BCUT2D eigenvalue weighted by atomic mass is 16.2. The van der Waals surface area contributed by atoms with Crippen LogP contribution >= 0.6 is 0 Å². The van der Waals surface area contributed by atoms with Crippen LogP contribution in [0.3, 0.4) is 0 Å². The maximum atomic E-state index is 12.9. The average molecular weight is 304 g/mol. The topological polar surface area (TPSA) is 48.0 Å². The summed E-state index contributed by atoms with van der Waals surface area (Å²) in [7, 11) is 0. The zero-order valence-corrected chi connectivity index (χ0v) is 13.0. The molecule has 3 nitrogen and oxygen atoms in total. The minimum atomic E-state index is 0.186. The van der Waals surface area contributed by atoms with E-state index in [1.165, 1.54) is 0 Å². The van der Waals surface area contributed by atoms with Crippen LogP contribution in [0.15, 0.2) is 54.6 Å². The zero-order valence-electron chi connectivity index (χ0n) is 13.0. The largest absolute Gasteiger partial charge is 0.330 e. The molecule has 1 aromatic heterocycles. The Labute approximate surface area is 135 Å². The Balaban J connectivity index is 2.04. The van der Waals surface area contributed by atoms with Gasteiger partial charge in [-0.2, -0.15) is 0 Å². The van der Waals surface area contributed by atoms with E-state index in [1.807, 2.05) is 41.0 Å². The first-order valence-corrected chi connectivity index (χ1v) is 8.23. The number of nitrogens with zero attached hydrogens (tertiary/aromatic N) is 1. The molecule has 0 bridgehead atoms. The van der Waals surface area contributed by atoms with Crippen molar-refractivity contribution in [3.63, 3.8) is 0 Å². The summed E-state index contributed by atoms with van der Waals surface area (Å²) in [6.45, 7) is 0.536. The molecule has 3 heteroatoms. The normalized spacial score (nSPS) is 14.3. The summed E-state index contributed by atoms with van der Waals surface area (Å²) in [6.07, 6.45) is 2.72. The van der Waals surface area contributed by atoms with Gasteiger partial charge in [0.05, 0.1) is 5.52 Å². The number of carbonyl (C=O) groups excluding carboxylic acids is 1. The summed E-state index contributed by atoms with van der Waals surface area (Å²) in [5.41, 5.74) is 10.2. The van der Waals surface area contributed by atoms with E-state index in [9.17, 15) is 4.79 Å². The summed E-state index contributed by atoms with van der Waals surface area (Å²) < 4.78 is 1.93. The number of rotatable bonds is 4. The first-order chi connectivity index (χ1) is 11.3. The number of hydrogen-bond donors (Lipinski definition) is 1. The van der Waals surface area contributed by atoms with Crippen molar-refractivity contribution in [3.8, 4) is 11.1 Å². The summed E-state index contributed by atoms with van der Waals surface area (Å²) in [5.74, 6) is 0.415. The Morgan fingerprint density at radius 2 is 1.74 bits per heavy atom. The molecule has 0 spiro atoms. The Kier molecular flexibility index (Phi) is 3.50. The lowest BCUT2D eigenvalue weighted by Crippen LogP contribution is -2.18. The summed E-state index contributed by atoms with van der Waals surface area (Å²) in [4.78, 5) is 12.9. The zero-order chi connectivity index (χ0) is 15.8. The number of nitrogens with two attached hydrogens (primary N) is 1. The molecule has 23 heavy (non-hydrogen) atoms. The van der Waals surface area contributed by atoms with E-state index < -0.39 is 0 Å². The molecule has 4 rings (SSSR count). The number of hydrogen-bond acceptors (Lipinski definition) is 2. The fourth-order valence-corrected chi connectivity index (χ4v) is 3.36. The number of benzene rings is 2. The van der Waals surface area contributed by atoms with Crippen molar-refractivity contribution < 1.29 is 4.79 Å². The van der Waals surface area contributed by atoms with Crippen LogP contribution < -0.4 is 5.73 Å². The fraction of sp³-hybridized carbons (Fsp3) is 0.250. The number of fused-ring (bicyclic) bond motifs is 1. The van der Waals surface area contributed by atoms with Crippen LogP contribution in [-0.2, 0) is 6.42 Å². The highest BCUT2D eigenvalue weighted by molar-refractivity contribution is 6.04. The first-order valence-electron chi connectivity index (χ1n) is 8.23. The second kappa shape index (κ2) is 5.67. The van der Waals surface area contributed by atoms with E-state index in [4.69, 9.17) is 5.73 Å². The monoisotopic (exact) mass is 304 g/mol. The number of aromatic nitrogens is 1. The molecule has 0 aliphatic heterocycles. The molecule has 1 aliphatic carbocycles. The van der Waals surface area contributed by atoms with Crippen LogP contribution in [0.2, 0.25) is 0 Å². The third-order valence-electron chi connectivity index (χ3n) is 4.56. The molecule has 1 saturated carbocycles. The Hall–Kier alpha value is -2.39. The van der Waals surface area contributed by atoms with Crippen LogP contribution in [0.4, 0.5) is 0 Å². The molecule has 0 amide bonds. The third-order valence-corrected chi connectivity index (χ3v) is 4.56. The van der Waals surface area contributed by atoms with Gasteiger partial charge in [-0.15, -0.1) is 0 Å². The van der Waals surface area contributed by atoms with E-state index in [0.29, 0.717) is 13.0 Å². The summed E-state index contributed by atoms with van der Waals surface area (Å²) in [6, 6.07) is 18.5. The first kappa shape index (κ1) is 14.2. The third kappa shape index (κ3) is 2.37. The van der Waals surface area contributed by atoms with Gasteiger partial charge in [0.2, 0.25) is 5.91 Å². The lowest BCUT2D eigenvalue weighted by atomic mass is 10.0. The maximum absolute atomic E-state index is 12.9. The van der Waals surface area contributed by atoms with E-state index in [0.717, 1.165) is 40.6 Å². The number of para-hydroxylation sites is 1. The van der Waals surface area contributed by atoms with Gasteiger partial charge in [0.15, 0.2) is 0 Å². The van der Waals surface area contributed by atoms with Crippen LogP contribution in [0.25, 0.3) is 22.0 Å². The molecule has 116 valence electrons. The van der Waals surface area contributed by atoms with E-state index in [1.54, 1.807) is 0 Å². The van der Waals surface area contributed by atoms with Crippen molar-refractivity contribution in [3.05, 3.63) is 60.3 Å². The minimum Gasteiger partial charge on any atom is -0.330 e. The molecule has 0 saturated heterocycles. The summed E-state index contributed by atoms with van der Waals surface area (Å²) >= 11 is 0. The van der Waals surface area contributed by atoms with Crippen LogP contribution in [-0.4, -0.2) is 17.0 Å². The molecule has 0 radical (unpaired) electrons. The van der Waals surface area contributed by atoms with E-state index >= 15 is 0 Å². The molecule has 1 aliphatic rings. The standard InChI is InChI=1S/C20H20N2O/c21-13-12-18-19(14-6-2-1-3-7-14)16-8-4-5-9-17(16)22(18)20(23)15-10-11-15/h1-9,15H,10-13,21H2.